The van der Waals surface area contributed by atoms with E-state index in [1.54, 1.807) is 12.4 Å². The number of carboxylic acid groups (broad SMARTS) is 1. The van der Waals surface area contributed by atoms with Crippen LogP contribution in [0, 0.1) is 5.41 Å². The van der Waals surface area contributed by atoms with E-state index in [2.05, 4.69) is 15.3 Å². The molecule has 2 N–H and O–H groups in total. The number of carbonyl (C=O) groups is 1. The molecule has 1 saturated carbocycles. The van der Waals surface area contributed by atoms with Crippen LogP contribution >= 0.6 is 0 Å². The average molecular weight is 279 g/mol. The van der Waals surface area contributed by atoms with Gasteiger partial charge in [0, 0.05) is 6.54 Å². The molecule has 110 valence electrons. The fourth-order valence-corrected chi connectivity index (χ4v) is 2.61. The van der Waals surface area contributed by atoms with E-state index in [-0.39, 0.29) is 0 Å². The molecule has 0 bridgehead atoms. The smallest absolute Gasteiger partial charge is 0.311 e. The second kappa shape index (κ2) is 6.54. The van der Waals surface area contributed by atoms with Crippen LogP contribution in [-0.2, 0) is 4.79 Å². The lowest BCUT2D eigenvalue weighted by Gasteiger charge is -2.33. The lowest BCUT2D eigenvalue weighted by atomic mass is 9.74. The summed E-state index contributed by atoms with van der Waals surface area (Å²) in [5, 5.41) is 12.6. The minimum Gasteiger partial charge on any atom is -0.481 e. The molecule has 0 radical (unpaired) electrons. The molecule has 0 unspecified atom stereocenters. The van der Waals surface area contributed by atoms with Crippen molar-refractivity contribution in [1.82, 2.24) is 9.97 Å². The van der Waals surface area contributed by atoms with Crippen molar-refractivity contribution in [2.24, 2.45) is 5.41 Å². The van der Waals surface area contributed by atoms with Crippen LogP contribution in [0.15, 0.2) is 12.4 Å². The van der Waals surface area contributed by atoms with Gasteiger partial charge < -0.3 is 15.2 Å². The average Bonchev–Trinajstić information content (AvgIpc) is 2.47. The zero-order valence-electron chi connectivity index (χ0n) is 11.8. The maximum absolute atomic E-state index is 11.6. The first kappa shape index (κ1) is 14.6. The summed E-state index contributed by atoms with van der Waals surface area (Å²) in [7, 11) is 0. The summed E-state index contributed by atoms with van der Waals surface area (Å²) in [5.41, 5.74) is -0.679. The fourth-order valence-electron chi connectivity index (χ4n) is 2.61. The highest BCUT2D eigenvalue weighted by Gasteiger charge is 2.39. The Morgan fingerprint density at radius 2 is 2.15 bits per heavy atom. The normalized spacial score (nSPS) is 17.4. The number of hydrogen-bond donors (Lipinski definition) is 2. The van der Waals surface area contributed by atoms with Crippen LogP contribution in [0.3, 0.4) is 0 Å². The largest absolute Gasteiger partial charge is 0.481 e. The summed E-state index contributed by atoms with van der Waals surface area (Å²) in [6.45, 7) is 2.78. The number of hydrogen-bond acceptors (Lipinski definition) is 5. The standard InChI is InChI=1S/C14H21N3O3/c1-2-20-12-9-15-8-11(17-12)16-10-14(13(18)19)6-4-3-5-7-14/h8-9H,2-7,10H2,1H3,(H,16,17)(H,18,19). The molecule has 0 aliphatic heterocycles. The van der Waals surface area contributed by atoms with Crippen molar-refractivity contribution in [3.05, 3.63) is 12.4 Å². The third-order valence-corrected chi connectivity index (χ3v) is 3.78. The second-order valence-electron chi connectivity index (χ2n) is 5.18. The highest BCUT2D eigenvalue weighted by molar-refractivity contribution is 5.75. The topological polar surface area (TPSA) is 84.3 Å². The summed E-state index contributed by atoms with van der Waals surface area (Å²) in [4.78, 5) is 19.9. The zero-order valence-corrected chi connectivity index (χ0v) is 11.8. The minimum absolute atomic E-state index is 0.382. The zero-order chi connectivity index (χ0) is 14.4. The third-order valence-electron chi connectivity index (χ3n) is 3.78. The molecule has 0 amide bonds. The van der Waals surface area contributed by atoms with E-state index in [0.29, 0.717) is 37.7 Å². The molecule has 1 heterocycles. The first-order valence-corrected chi connectivity index (χ1v) is 7.08. The van der Waals surface area contributed by atoms with Crippen LogP contribution in [0.5, 0.6) is 5.88 Å². The number of aliphatic carboxylic acids is 1. The van der Waals surface area contributed by atoms with E-state index in [1.807, 2.05) is 6.92 Å². The van der Waals surface area contributed by atoms with E-state index in [1.165, 1.54) is 0 Å². The molecule has 0 atom stereocenters. The fraction of sp³-hybridized carbons (Fsp3) is 0.643. The molecule has 0 spiro atoms. The molecular weight excluding hydrogens is 258 g/mol. The number of nitrogens with one attached hydrogen (secondary N) is 1. The van der Waals surface area contributed by atoms with E-state index >= 15 is 0 Å². The van der Waals surface area contributed by atoms with Gasteiger partial charge in [0.2, 0.25) is 5.88 Å². The quantitative estimate of drug-likeness (QED) is 0.831. The second-order valence-corrected chi connectivity index (χ2v) is 5.18. The van der Waals surface area contributed by atoms with E-state index in [4.69, 9.17) is 4.74 Å². The predicted octanol–water partition coefficient (Wildman–Crippen LogP) is 2.32. The van der Waals surface area contributed by atoms with Gasteiger partial charge in [-0.05, 0) is 19.8 Å². The maximum Gasteiger partial charge on any atom is 0.311 e. The Labute approximate surface area is 118 Å². The number of carboxylic acids is 1. The number of rotatable bonds is 6. The number of aromatic nitrogens is 2. The Kier molecular flexibility index (Phi) is 4.76. The van der Waals surface area contributed by atoms with Crippen LogP contribution in [-0.4, -0.2) is 34.2 Å². The van der Waals surface area contributed by atoms with Gasteiger partial charge in [0.05, 0.1) is 24.4 Å². The number of anilines is 1. The van der Waals surface area contributed by atoms with Gasteiger partial charge in [0.25, 0.3) is 0 Å². The molecule has 1 aromatic heterocycles. The molecule has 1 aromatic rings. The minimum atomic E-state index is -0.723. The highest BCUT2D eigenvalue weighted by Crippen LogP contribution is 2.36. The van der Waals surface area contributed by atoms with Crippen molar-refractivity contribution in [1.29, 1.82) is 0 Å². The SMILES string of the molecule is CCOc1cncc(NCC2(C(=O)O)CCCCC2)n1. The van der Waals surface area contributed by atoms with Crippen molar-refractivity contribution < 1.29 is 14.6 Å². The molecule has 1 aliphatic carbocycles. The van der Waals surface area contributed by atoms with E-state index in [0.717, 1.165) is 19.3 Å². The Morgan fingerprint density at radius 3 is 2.80 bits per heavy atom. The lowest BCUT2D eigenvalue weighted by Crippen LogP contribution is -2.39. The molecule has 0 saturated heterocycles. The summed E-state index contributed by atoms with van der Waals surface area (Å²) in [6, 6.07) is 0. The van der Waals surface area contributed by atoms with Gasteiger partial charge in [-0.3, -0.25) is 9.78 Å². The van der Waals surface area contributed by atoms with Crippen molar-refractivity contribution in [3.63, 3.8) is 0 Å². The van der Waals surface area contributed by atoms with Gasteiger partial charge in [-0.1, -0.05) is 19.3 Å². The number of nitrogens with zero attached hydrogens (tertiary/aromatic N) is 2. The van der Waals surface area contributed by atoms with Crippen molar-refractivity contribution >= 4 is 11.8 Å². The van der Waals surface area contributed by atoms with Crippen LogP contribution in [0.2, 0.25) is 0 Å². The third kappa shape index (κ3) is 3.37. The first-order chi connectivity index (χ1) is 9.66. The van der Waals surface area contributed by atoms with Crippen molar-refractivity contribution in [2.45, 2.75) is 39.0 Å². The monoisotopic (exact) mass is 279 g/mol. The van der Waals surface area contributed by atoms with Gasteiger partial charge in [-0.25, -0.2) is 0 Å². The molecule has 2 rings (SSSR count). The summed E-state index contributed by atoms with van der Waals surface area (Å²) < 4.78 is 5.28. The van der Waals surface area contributed by atoms with Crippen LogP contribution < -0.4 is 10.1 Å². The Hall–Kier alpha value is -1.85. The van der Waals surface area contributed by atoms with Crippen molar-refractivity contribution in [3.8, 4) is 5.88 Å². The van der Waals surface area contributed by atoms with Crippen LogP contribution in [0.25, 0.3) is 0 Å². The van der Waals surface area contributed by atoms with Gasteiger partial charge in [-0.2, -0.15) is 4.98 Å². The summed E-state index contributed by atoms with van der Waals surface area (Å²) in [6.07, 6.45) is 7.62. The lowest BCUT2D eigenvalue weighted by molar-refractivity contribution is -0.150. The molecule has 6 nitrogen and oxygen atoms in total. The summed E-state index contributed by atoms with van der Waals surface area (Å²) >= 11 is 0. The Balaban J connectivity index is 2.02. The predicted molar refractivity (Wildman–Crippen MR) is 74.8 cm³/mol. The van der Waals surface area contributed by atoms with Crippen LogP contribution in [0.1, 0.15) is 39.0 Å². The molecule has 6 heteroatoms. The van der Waals surface area contributed by atoms with Crippen molar-refractivity contribution in [2.75, 3.05) is 18.5 Å². The van der Waals surface area contributed by atoms with E-state index in [9.17, 15) is 9.90 Å². The summed E-state index contributed by atoms with van der Waals surface area (Å²) in [5.74, 6) is 0.284. The van der Waals surface area contributed by atoms with Crippen LogP contribution in [0.4, 0.5) is 5.82 Å². The molecular formula is C14H21N3O3. The molecule has 20 heavy (non-hydrogen) atoms. The Morgan fingerprint density at radius 1 is 1.40 bits per heavy atom. The van der Waals surface area contributed by atoms with Gasteiger partial charge in [0.15, 0.2) is 0 Å². The Bertz CT molecular complexity index is 459. The first-order valence-electron chi connectivity index (χ1n) is 7.08. The van der Waals surface area contributed by atoms with E-state index < -0.39 is 11.4 Å². The molecule has 1 fully saturated rings. The highest BCUT2D eigenvalue weighted by atomic mass is 16.5. The number of ether oxygens (including phenoxy) is 1. The van der Waals surface area contributed by atoms with Gasteiger partial charge in [0.1, 0.15) is 5.82 Å². The maximum atomic E-state index is 11.6. The molecule has 0 aromatic carbocycles. The molecule has 1 aliphatic rings. The van der Waals surface area contributed by atoms with Gasteiger partial charge >= 0.3 is 5.97 Å². The van der Waals surface area contributed by atoms with Gasteiger partial charge in [-0.15, -0.1) is 0 Å².